The fraction of sp³-hybridized carbons (Fsp3) is 0.273. The molecule has 0 aliphatic heterocycles. The van der Waals surface area contributed by atoms with Crippen LogP contribution in [0.3, 0.4) is 0 Å². The molecular weight excluding hydrogens is 407 g/mol. The van der Waals surface area contributed by atoms with E-state index in [1.54, 1.807) is 12.1 Å². The van der Waals surface area contributed by atoms with E-state index in [-0.39, 0.29) is 10.6 Å². The van der Waals surface area contributed by atoms with Gasteiger partial charge in [-0.3, -0.25) is 4.79 Å². The second kappa shape index (κ2) is 8.79. The summed E-state index contributed by atoms with van der Waals surface area (Å²) >= 11 is 0. The zero-order valence-electron chi connectivity index (χ0n) is 17.0. The highest BCUT2D eigenvalue weighted by Gasteiger charge is 2.17. The molecule has 30 heavy (non-hydrogen) atoms. The Morgan fingerprint density at radius 3 is 2.27 bits per heavy atom. The molecule has 0 aliphatic carbocycles. The van der Waals surface area contributed by atoms with E-state index in [2.05, 4.69) is 18.9 Å². The quantitative estimate of drug-likeness (QED) is 0.569. The van der Waals surface area contributed by atoms with Crippen molar-refractivity contribution in [2.24, 2.45) is 5.92 Å². The number of ether oxygens (including phenoxy) is 1. The number of benzene rings is 2. The molecule has 0 saturated carbocycles. The van der Waals surface area contributed by atoms with Crippen LogP contribution in [0.5, 0.6) is 5.75 Å². The summed E-state index contributed by atoms with van der Waals surface area (Å²) in [7, 11) is -3.33. The molecule has 0 radical (unpaired) electrons. The number of halogens is 1. The zero-order valence-corrected chi connectivity index (χ0v) is 17.8. The molecule has 1 aromatic heterocycles. The van der Waals surface area contributed by atoms with Crippen LogP contribution < -0.4 is 10.3 Å². The van der Waals surface area contributed by atoms with Crippen molar-refractivity contribution >= 4 is 9.84 Å². The average Bonchev–Trinajstić information content (AvgIpc) is 2.69. The largest absolute Gasteiger partial charge is 0.487 e. The van der Waals surface area contributed by atoms with Crippen LogP contribution in [0.15, 0.2) is 64.4 Å². The molecule has 3 rings (SSSR count). The van der Waals surface area contributed by atoms with Gasteiger partial charge in [-0.15, -0.1) is 0 Å². The molecule has 0 bridgehead atoms. The van der Waals surface area contributed by atoms with Gasteiger partial charge in [-0.1, -0.05) is 26.0 Å². The zero-order chi connectivity index (χ0) is 21.9. The molecule has 0 atom stereocenters. The minimum absolute atomic E-state index is 0.113. The molecule has 2 aromatic carbocycles. The van der Waals surface area contributed by atoms with Crippen LogP contribution in [0.25, 0.3) is 16.8 Å². The predicted molar refractivity (Wildman–Crippen MR) is 113 cm³/mol. The first-order valence-corrected chi connectivity index (χ1v) is 11.4. The van der Waals surface area contributed by atoms with Crippen molar-refractivity contribution in [3.05, 3.63) is 70.9 Å². The van der Waals surface area contributed by atoms with E-state index in [1.165, 1.54) is 42.6 Å². The Kier molecular flexibility index (Phi) is 6.36. The molecule has 0 amide bonds. The standard InChI is InChI=1S/C22H23FN2O4S/c1-15(2)12-13-29-21-20(16-4-10-19(11-5-16)30(3,27)28)14-24-25(22(21)26)18-8-6-17(23)7-9-18/h4-11,14-15H,12-13H2,1-3H3. The van der Waals surface area contributed by atoms with Gasteiger partial charge >= 0.3 is 5.56 Å². The van der Waals surface area contributed by atoms with Crippen molar-refractivity contribution < 1.29 is 17.5 Å². The van der Waals surface area contributed by atoms with Gasteiger partial charge in [0.05, 0.1) is 23.4 Å². The number of hydrogen-bond donors (Lipinski definition) is 0. The lowest BCUT2D eigenvalue weighted by molar-refractivity contribution is 0.285. The lowest BCUT2D eigenvalue weighted by Gasteiger charge is -2.14. The van der Waals surface area contributed by atoms with Crippen LogP contribution in [0, 0.1) is 11.7 Å². The van der Waals surface area contributed by atoms with Crippen LogP contribution in [0.1, 0.15) is 20.3 Å². The van der Waals surface area contributed by atoms with E-state index in [0.29, 0.717) is 29.3 Å². The van der Waals surface area contributed by atoms with Crippen LogP contribution in [-0.2, 0) is 9.84 Å². The van der Waals surface area contributed by atoms with E-state index < -0.39 is 21.2 Å². The monoisotopic (exact) mass is 430 g/mol. The first kappa shape index (κ1) is 21.7. The summed E-state index contributed by atoms with van der Waals surface area (Å²) in [6.45, 7) is 4.45. The smallest absolute Gasteiger partial charge is 0.314 e. The van der Waals surface area contributed by atoms with E-state index in [9.17, 15) is 17.6 Å². The van der Waals surface area contributed by atoms with Crippen LogP contribution in [0.2, 0.25) is 0 Å². The molecule has 0 fully saturated rings. The summed E-state index contributed by atoms with van der Waals surface area (Å²) in [5.41, 5.74) is 1.00. The average molecular weight is 431 g/mol. The molecule has 1 heterocycles. The predicted octanol–water partition coefficient (Wildman–Crippen LogP) is 3.87. The van der Waals surface area contributed by atoms with E-state index in [0.717, 1.165) is 17.4 Å². The Labute approximate surface area is 174 Å². The third-order valence-electron chi connectivity index (χ3n) is 4.54. The van der Waals surface area contributed by atoms with Crippen LogP contribution in [-0.4, -0.2) is 31.1 Å². The minimum atomic E-state index is -3.33. The molecule has 6 nitrogen and oxygen atoms in total. The van der Waals surface area contributed by atoms with Gasteiger partial charge in [0, 0.05) is 11.8 Å². The number of rotatable bonds is 7. The minimum Gasteiger partial charge on any atom is -0.487 e. The third-order valence-corrected chi connectivity index (χ3v) is 5.67. The summed E-state index contributed by atoms with van der Waals surface area (Å²) < 4.78 is 43.7. The Morgan fingerprint density at radius 2 is 1.70 bits per heavy atom. The van der Waals surface area contributed by atoms with E-state index in [4.69, 9.17) is 4.74 Å². The van der Waals surface area contributed by atoms with Crippen LogP contribution >= 0.6 is 0 Å². The molecule has 0 aliphatic rings. The summed E-state index contributed by atoms with van der Waals surface area (Å²) in [5.74, 6) is 0.0912. The van der Waals surface area contributed by atoms with Crippen molar-refractivity contribution in [2.45, 2.75) is 25.2 Å². The summed E-state index contributed by atoms with van der Waals surface area (Å²) in [5, 5.41) is 4.21. The summed E-state index contributed by atoms with van der Waals surface area (Å²) in [6, 6.07) is 11.6. The van der Waals surface area contributed by atoms with Gasteiger partial charge in [-0.2, -0.15) is 9.78 Å². The highest BCUT2D eigenvalue weighted by molar-refractivity contribution is 7.90. The molecule has 3 aromatic rings. The SMILES string of the molecule is CC(C)CCOc1c(-c2ccc(S(C)(=O)=O)cc2)cnn(-c2ccc(F)cc2)c1=O. The van der Waals surface area contributed by atoms with Gasteiger partial charge < -0.3 is 4.74 Å². The Morgan fingerprint density at radius 1 is 1.07 bits per heavy atom. The maximum absolute atomic E-state index is 13.3. The van der Waals surface area contributed by atoms with E-state index in [1.807, 2.05) is 0 Å². The van der Waals surface area contributed by atoms with Gasteiger partial charge in [-0.25, -0.2) is 12.8 Å². The fourth-order valence-corrected chi connectivity index (χ4v) is 3.46. The molecule has 8 heteroatoms. The van der Waals surface area contributed by atoms with Crippen molar-refractivity contribution in [1.82, 2.24) is 9.78 Å². The highest BCUT2D eigenvalue weighted by atomic mass is 32.2. The second-order valence-electron chi connectivity index (χ2n) is 7.41. The maximum Gasteiger partial charge on any atom is 0.314 e. The van der Waals surface area contributed by atoms with Gasteiger partial charge in [0.25, 0.3) is 0 Å². The number of nitrogens with zero attached hydrogens (tertiary/aromatic N) is 2. The third kappa shape index (κ3) is 4.94. The second-order valence-corrected chi connectivity index (χ2v) is 9.42. The summed E-state index contributed by atoms with van der Waals surface area (Å²) in [6.07, 6.45) is 3.38. The number of aromatic nitrogens is 2. The Bertz CT molecular complexity index is 1190. The molecule has 0 unspecified atom stereocenters. The molecule has 0 spiro atoms. The first-order chi connectivity index (χ1) is 14.2. The normalized spacial score (nSPS) is 11.6. The van der Waals surface area contributed by atoms with Gasteiger partial charge in [-0.05, 0) is 54.3 Å². The van der Waals surface area contributed by atoms with Gasteiger partial charge in [0.2, 0.25) is 0 Å². The highest BCUT2D eigenvalue weighted by Crippen LogP contribution is 2.28. The van der Waals surface area contributed by atoms with Crippen molar-refractivity contribution in [3.63, 3.8) is 0 Å². The molecule has 158 valence electrons. The molecule has 0 N–H and O–H groups in total. The number of hydrogen-bond acceptors (Lipinski definition) is 5. The van der Waals surface area contributed by atoms with E-state index >= 15 is 0 Å². The number of sulfone groups is 1. The topological polar surface area (TPSA) is 78.3 Å². The first-order valence-electron chi connectivity index (χ1n) is 9.48. The van der Waals surface area contributed by atoms with Gasteiger partial charge in [0.15, 0.2) is 15.6 Å². The fourth-order valence-electron chi connectivity index (χ4n) is 2.83. The molecular formula is C22H23FN2O4S. The van der Waals surface area contributed by atoms with Crippen molar-refractivity contribution in [2.75, 3.05) is 12.9 Å². The van der Waals surface area contributed by atoms with Crippen LogP contribution in [0.4, 0.5) is 4.39 Å². The van der Waals surface area contributed by atoms with Crippen molar-refractivity contribution in [1.29, 1.82) is 0 Å². The molecule has 0 saturated heterocycles. The summed E-state index contributed by atoms with van der Waals surface area (Å²) in [4.78, 5) is 13.3. The lowest BCUT2D eigenvalue weighted by Crippen LogP contribution is -2.24. The van der Waals surface area contributed by atoms with Gasteiger partial charge in [0.1, 0.15) is 5.82 Å². The lowest BCUT2D eigenvalue weighted by atomic mass is 10.1. The Balaban J connectivity index is 2.08. The Hall–Kier alpha value is -3.00. The van der Waals surface area contributed by atoms with Crippen molar-refractivity contribution in [3.8, 4) is 22.6 Å². The maximum atomic E-state index is 13.3.